The highest BCUT2D eigenvalue weighted by Crippen LogP contribution is 2.16. The summed E-state index contributed by atoms with van der Waals surface area (Å²) < 4.78 is 12.8. The summed E-state index contributed by atoms with van der Waals surface area (Å²) in [7, 11) is 1.63. The minimum Gasteiger partial charge on any atom is -0.379 e. The van der Waals surface area contributed by atoms with E-state index in [2.05, 4.69) is 27.4 Å². The van der Waals surface area contributed by atoms with Gasteiger partial charge in [-0.05, 0) is 18.1 Å². The number of rotatable bonds is 5. The van der Waals surface area contributed by atoms with Crippen LogP contribution in [0.1, 0.15) is 22.3 Å². The number of imidazole rings is 1. The third-order valence-corrected chi connectivity index (χ3v) is 4.84. The monoisotopic (exact) mass is 366 g/mol. The molecule has 0 bridgehead atoms. The average Bonchev–Trinajstić information content (AvgIpc) is 3.11. The summed E-state index contributed by atoms with van der Waals surface area (Å²) in [6.07, 6.45) is 3.95. The molecule has 1 amide bonds. The lowest BCUT2D eigenvalue weighted by Crippen LogP contribution is -2.49. The van der Waals surface area contributed by atoms with Gasteiger partial charge in [0.15, 0.2) is 5.65 Å². The molecular weight excluding hydrogens is 344 g/mol. The number of ether oxygens (including phenoxy) is 2. The largest absolute Gasteiger partial charge is 0.379 e. The molecule has 0 radical (unpaired) electrons. The Morgan fingerprint density at radius 2 is 2.19 bits per heavy atom. The van der Waals surface area contributed by atoms with Crippen molar-refractivity contribution in [2.24, 2.45) is 0 Å². The maximum absolute atomic E-state index is 12.6. The molecule has 1 aromatic carbocycles. The second-order valence-electron chi connectivity index (χ2n) is 6.64. The van der Waals surface area contributed by atoms with Gasteiger partial charge in [0.2, 0.25) is 0 Å². The summed E-state index contributed by atoms with van der Waals surface area (Å²) in [5.41, 5.74) is 3.13. The highest BCUT2D eigenvalue weighted by Gasteiger charge is 2.27. The average molecular weight is 366 g/mol. The second kappa shape index (κ2) is 7.85. The van der Waals surface area contributed by atoms with E-state index in [0.29, 0.717) is 30.8 Å². The van der Waals surface area contributed by atoms with Crippen molar-refractivity contribution in [3.8, 4) is 0 Å². The quantitative estimate of drug-likeness (QED) is 0.747. The predicted octanol–water partition coefficient (Wildman–Crippen LogP) is 2.01. The number of fused-ring (bicyclic) bond motifs is 1. The Morgan fingerprint density at radius 3 is 3.00 bits per heavy atom. The van der Waals surface area contributed by atoms with Gasteiger partial charge < -0.3 is 19.4 Å². The lowest BCUT2D eigenvalue weighted by Gasteiger charge is -2.30. The van der Waals surface area contributed by atoms with E-state index in [1.54, 1.807) is 25.7 Å². The zero-order chi connectivity index (χ0) is 18.6. The molecule has 4 rings (SSSR count). The molecular formula is C20H22N4O3. The van der Waals surface area contributed by atoms with Gasteiger partial charge in [0.25, 0.3) is 5.91 Å². The fraction of sp³-hybridized carbons (Fsp3) is 0.350. The van der Waals surface area contributed by atoms with Crippen molar-refractivity contribution in [1.29, 1.82) is 0 Å². The molecule has 140 valence electrons. The number of methoxy groups -OCH3 is 1. The molecule has 27 heavy (non-hydrogen) atoms. The molecule has 2 atom stereocenters. The first kappa shape index (κ1) is 17.6. The number of nitrogens with one attached hydrogen (secondary N) is 1. The van der Waals surface area contributed by atoms with Crippen LogP contribution in [-0.2, 0) is 16.0 Å². The standard InChI is InChI=1S/C20H22N4O3/c1-26-18-12-27-8-7-16(18)23-20(25)15-9-17-19(21-10-15)24(13-22-17)11-14-5-3-2-4-6-14/h2-6,9-10,13,16,18H,7-8,11-12H2,1H3,(H,23,25)/t16-,18-/m0/s1. The Bertz CT molecular complexity index is 925. The van der Waals surface area contributed by atoms with Crippen molar-refractivity contribution in [3.63, 3.8) is 0 Å². The van der Waals surface area contributed by atoms with Gasteiger partial charge in [0, 0.05) is 19.9 Å². The summed E-state index contributed by atoms with van der Waals surface area (Å²) in [5.74, 6) is -0.170. The Hall–Kier alpha value is -2.77. The van der Waals surface area contributed by atoms with Gasteiger partial charge in [0.1, 0.15) is 11.6 Å². The summed E-state index contributed by atoms with van der Waals surface area (Å²) in [5, 5.41) is 3.03. The van der Waals surface area contributed by atoms with Gasteiger partial charge in [-0.1, -0.05) is 30.3 Å². The molecule has 3 aromatic rings. The van der Waals surface area contributed by atoms with Crippen LogP contribution < -0.4 is 5.32 Å². The van der Waals surface area contributed by atoms with E-state index < -0.39 is 0 Å². The normalized spacial score (nSPS) is 19.9. The zero-order valence-electron chi connectivity index (χ0n) is 15.2. The van der Waals surface area contributed by atoms with Crippen LogP contribution in [0.5, 0.6) is 0 Å². The number of benzene rings is 1. The first-order chi connectivity index (χ1) is 13.2. The first-order valence-electron chi connectivity index (χ1n) is 9.01. The summed E-state index contributed by atoms with van der Waals surface area (Å²) >= 11 is 0. The lowest BCUT2D eigenvalue weighted by molar-refractivity contribution is -0.0479. The Balaban J connectivity index is 1.51. The lowest BCUT2D eigenvalue weighted by atomic mass is 10.1. The molecule has 1 N–H and O–H groups in total. The van der Waals surface area contributed by atoms with Crippen molar-refractivity contribution >= 4 is 17.1 Å². The minimum atomic E-state index is -0.170. The van der Waals surface area contributed by atoms with Gasteiger partial charge in [-0.2, -0.15) is 0 Å². The third-order valence-electron chi connectivity index (χ3n) is 4.84. The molecule has 0 spiro atoms. The molecule has 7 heteroatoms. The van der Waals surface area contributed by atoms with E-state index in [1.807, 2.05) is 22.8 Å². The van der Waals surface area contributed by atoms with E-state index in [0.717, 1.165) is 12.1 Å². The van der Waals surface area contributed by atoms with Crippen molar-refractivity contribution in [2.45, 2.75) is 25.1 Å². The highest BCUT2D eigenvalue weighted by molar-refractivity contribution is 5.96. The van der Waals surface area contributed by atoms with Crippen molar-refractivity contribution in [1.82, 2.24) is 19.9 Å². The number of nitrogens with zero attached hydrogens (tertiary/aromatic N) is 3. The SMILES string of the molecule is CO[C@H]1COCC[C@@H]1NC(=O)c1cnc2c(c1)ncn2Cc1ccccc1. The summed E-state index contributed by atoms with van der Waals surface area (Å²) in [6, 6.07) is 11.8. The van der Waals surface area contributed by atoms with E-state index in [1.165, 1.54) is 5.56 Å². The van der Waals surface area contributed by atoms with Gasteiger partial charge in [-0.25, -0.2) is 9.97 Å². The van der Waals surface area contributed by atoms with E-state index >= 15 is 0 Å². The third kappa shape index (κ3) is 3.84. The van der Waals surface area contributed by atoms with Gasteiger partial charge in [-0.15, -0.1) is 0 Å². The zero-order valence-corrected chi connectivity index (χ0v) is 15.2. The topological polar surface area (TPSA) is 78.3 Å². The number of amides is 1. The number of hydrogen-bond donors (Lipinski definition) is 1. The van der Waals surface area contributed by atoms with Crippen LogP contribution in [0.4, 0.5) is 0 Å². The molecule has 3 heterocycles. The molecule has 1 aliphatic heterocycles. The number of pyridine rings is 1. The van der Waals surface area contributed by atoms with Crippen LogP contribution in [-0.4, -0.2) is 52.9 Å². The predicted molar refractivity (Wildman–Crippen MR) is 101 cm³/mol. The number of carbonyl (C=O) groups is 1. The first-order valence-corrected chi connectivity index (χ1v) is 9.01. The molecule has 1 aliphatic rings. The maximum atomic E-state index is 12.6. The van der Waals surface area contributed by atoms with E-state index in [9.17, 15) is 4.79 Å². The van der Waals surface area contributed by atoms with Crippen LogP contribution >= 0.6 is 0 Å². The Morgan fingerprint density at radius 1 is 1.33 bits per heavy atom. The second-order valence-corrected chi connectivity index (χ2v) is 6.64. The van der Waals surface area contributed by atoms with Crippen LogP contribution in [0.15, 0.2) is 48.9 Å². The molecule has 0 unspecified atom stereocenters. The van der Waals surface area contributed by atoms with Gasteiger partial charge in [0.05, 0.1) is 31.1 Å². The summed E-state index contributed by atoms with van der Waals surface area (Å²) in [6.45, 7) is 1.79. The van der Waals surface area contributed by atoms with Gasteiger partial charge >= 0.3 is 0 Å². The molecule has 1 saturated heterocycles. The highest BCUT2D eigenvalue weighted by atomic mass is 16.5. The molecule has 2 aromatic heterocycles. The smallest absolute Gasteiger partial charge is 0.253 e. The minimum absolute atomic E-state index is 0.0671. The van der Waals surface area contributed by atoms with Crippen LogP contribution in [0, 0.1) is 0 Å². The van der Waals surface area contributed by atoms with Crippen LogP contribution in [0.3, 0.4) is 0 Å². The van der Waals surface area contributed by atoms with Crippen molar-refractivity contribution in [3.05, 3.63) is 60.0 Å². The fourth-order valence-corrected chi connectivity index (χ4v) is 3.33. The van der Waals surface area contributed by atoms with Crippen LogP contribution in [0.2, 0.25) is 0 Å². The molecule has 1 fully saturated rings. The molecule has 0 aliphatic carbocycles. The van der Waals surface area contributed by atoms with Crippen LogP contribution in [0.25, 0.3) is 11.2 Å². The fourth-order valence-electron chi connectivity index (χ4n) is 3.33. The van der Waals surface area contributed by atoms with E-state index in [4.69, 9.17) is 9.47 Å². The van der Waals surface area contributed by atoms with Gasteiger partial charge in [-0.3, -0.25) is 4.79 Å². The Labute approximate surface area is 157 Å². The summed E-state index contributed by atoms with van der Waals surface area (Å²) in [4.78, 5) is 21.5. The van der Waals surface area contributed by atoms with Crippen molar-refractivity contribution < 1.29 is 14.3 Å². The van der Waals surface area contributed by atoms with Crippen molar-refractivity contribution in [2.75, 3.05) is 20.3 Å². The molecule has 7 nitrogen and oxygen atoms in total. The maximum Gasteiger partial charge on any atom is 0.253 e. The number of carbonyl (C=O) groups excluding carboxylic acids is 1. The number of aromatic nitrogens is 3. The number of hydrogen-bond acceptors (Lipinski definition) is 5. The Kier molecular flexibility index (Phi) is 5.13. The van der Waals surface area contributed by atoms with E-state index in [-0.39, 0.29) is 18.1 Å². The molecule has 0 saturated carbocycles.